The van der Waals surface area contributed by atoms with Crippen LogP contribution in [0.4, 0.5) is 16.6 Å². The predicted molar refractivity (Wildman–Crippen MR) is 102 cm³/mol. The van der Waals surface area contributed by atoms with Gasteiger partial charge in [-0.3, -0.25) is 4.79 Å². The lowest BCUT2D eigenvalue weighted by Gasteiger charge is -2.15. The van der Waals surface area contributed by atoms with Gasteiger partial charge >= 0.3 is 0 Å². The van der Waals surface area contributed by atoms with Crippen molar-refractivity contribution in [2.24, 2.45) is 0 Å². The molecule has 0 aliphatic carbocycles. The van der Waals surface area contributed by atoms with Crippen LogP contribution < -0.4 is 16.0 Å². The minimum absolute atomic E-state index is 0.174. The topological polar surface area (TPSA) is 91.8 Å². The van der Waals surface area contributed by atoms with Crippen molar-refractivity contribution in [1.29, 1.82) is 0 Å². The number of aromatic nitrogens is 3. The molecule has 3 rings (SSSR count). The standard InChI is InChI=1S/C16H17ClN6OS/c1-8(2)20-11-6-13(19-7-9(11)14(24)18-3)23-16-21-10-4-5-12(17)22-15(10)25-16/h4-8H,1-3H3,(H,18,24)(H2,19,20,21,23). The van der Waals surface area contributed by atoms with Crippen molar-refractivity contribution in [3.8, 4) is 0 Å². The summed E-state index contributed by atoms with van der Waals surface area (Å²) in [5.74, 6) is 0.391. The van der Waals surface area contributed by atoms with E-state index < -0.39 is 0 Å². The molecule has 0 atom stereocenters. The average Bonchev–Trinajstić information content (AvgIpc) is 2.95. The number of nitrogens with zero attached hydrogens (tertiary/aromatic N) is 3. The quantitative estimate of drug-likeness (QED) is 0.588. The Morgan fingerprint density at radius 3 is 2.80 bits per heavy atom. The van der Waals surface area contributed by atoms with Gasteiger partial charge in [-0.25, -0.2) is 15.0 Å². The number of amides is 1. The normalized spacial score (nSPS) is 10.9. The van der Waals surface area contributed by atoms with E-state index >= 15 is 0 Å². The van der Waals surface area contributed by atoms with E-state index in [1.807, 2.05) is 19.9 Å². The van der Waals surface area contributed by atoms with Gasteiger partial charge in [-0.2, -0.15) is 0 Å². The van der Waals surface area contributed by atoms with E-state index in [-0.39, 0.29) is 11.9 Å². The summed E-state index contributed by atoms with van der Waals surface area (Å²) >= 11 is 7.29. The Balaban J connectivity index is 1.91. The molecule has 3 N–H and O–H groups in total. The maximum Gasteiger partial charge on any atom is 0.254 e. The van der Waals surface area contributed by atoms with Gasteiger partial charge in [0.1, 0.15) is 21.3 Å². The molecule has 0 aromatic carbocycles. The summed E-state index contributed by atoms with van der Waals surface area (Å²) in [6.45, 7) is 4.01. The maximum atomic E-state index is 12.0. The minimum atomic E-state index is -0.193. The fourth-order valence-corrected chi connectivity index (χ4v) is 3.27. The van der Waals surface area contributed by atoms with E-state index in [4.69, 9.17) is 11.6 Å². The fraction of sp³-hybridized carbons (Fsp3) is 0.250. The lowest BCUT2D eigenvalue weighted by atomic mass is 10.2. The monoisotopic (exact) mass is 376 g/mol. The summed E-state index contributed by atoms with van der Waals surface area (Å²) in [5.41, 5.74) is 1.95. The first-order chi connectivity index (χ1) is 12.0. The Bertz CT molecular complexity index is 926. The van der Waals surface area contributed by atoms with Crippen LogP contribution in [-0.4, -0.2) is 33.9 Å². The van der Waals surface area contributed by atoms with Crippen LogP contribution in [-0.2, 0) is 0 Å². The first-order valence-corrected chi connectivity index (χ1v) is 8.84. The second-order valence-corrected chi connectivity index (χ2v) is 6.96. The smallest absolute Gasteiger partial charge is 0.254 e. The fourth-order valence-electron chi connectivity index (χ4n) is 2.23. The number of carbonyl (C=O) groups is 1. The maximum absolute atomic E-state index is 12.0. The van der Waals surface area contributed by atoms with Gasteiger partial charge < -0.3 is 16.0 Å². The zero-order valence-corrected chi connectivity index (χ0v) is 15.5. The van der Waals surface area contributed by atoms with Crippen LogP contribution in [0.5, 0.6) is 0 Å². The predicted octanol–water partition coefficient (Wildman–Crippen LogP) is 3.66. The number of anilines is 3. The van der Waals surface area contributed by atoms with Crippen LogP contribution in [0, 0.1) is 0 Å². The van der Waals surface area contributed by atoms with Crippen molar-refractivity contribution >= 4 is 55.8 Å². The molecule has 25 heavy (non-hydrogen) atoms. The van der Waals surface area contributed by atoms with Crippen LogP contribution >= 0.6 is 22.9 Å². The largest absolute Gasteiger partial charge is 0.382 e. The highest BCUT2D eigenvalue weighted by Crippen LogP contribution is 2.29. The number of carbonyl (C=O) groups excluding carboxylic acids is 1. The molecule has 3 heterocycles. The molecule has 0 spiro atoms. The van der Waals surface area contributed by atoms with Crippen LogP contribution in [0.15, 0.2) is 24.4 Å². The first-order valence-electron chi connectivity index (χ1n) is 7.65. The molecular weight excluding hydrogens is 360 g/mol. The van der Waals surface area contributed by atoms with Crippen LogP contribution in [0.25, 0.3) is 10.3 Å². The highest BCUT2D eigenvalue weighted by Gasteiger charge is 2.14. The minimum Gasteiger partial charge on any atom is -0.382 e. The average molecular weight is 377 g/mol. The van der Waals surface area contributed by atoms with Crippen molar-refractivity contribution in [2.75, 3.05) is 17.7 Å². The van der Waals surface area contributed by atoms with E-state index in [2.05, 4.69) is 30.9 Å². The Kier molecular flexibility index (Phi) is 5.00. The third-order valence-corrected chi connectivity index (χ3v) is 4.37. The zero-order chi connectivity index (χ0) is 18.0. The molecule has 1 amide bonds. The molecule has 0 fully saturated rings. The summed E-state index contributed by atoms with van der Waals surface area (Å²) in [7, 11) is 1.59. The number of rotatable bonds is 5. The third-order valence-electron chi connectivity index (χ3n) is 3.28. The molecule has 0 aliphatic rings. The van der Waals surface area contributed by atoms with Crippen molar-refractivity contribution in [2.45, 2.75) is 19.9 Å². The zero-order valence-electron chi connectivity index (χ0n) is 13.9. The second kappa shape index (κ2) is 7.20. The van der Waals surface area contributed by atoms with Gasteiger partial charge in [-0.05, 0) is 26.0 Å². The van der Waals surface area contributed by atoms with Crippen LogP contribution in [0.3, 0.4) is 0 Å². The molecule has 3 aromatic heterocycles. The molecule has 130 valence electrons. The molecule has 0 radical (unpaired) electrons. The molecule has 7 nitrogen and oxygen atoms in total. The highest BCUT2D eigenvalue weighted by molar-refractivity contribution is 7.21. The van der Waals surface area contributed by atoms with Gasteiger partial charge in [0.05, 0.1) is 11.3 Å². The molecule has 0 bridgehead atoms. The Labute approximate surface area is 153 Å². The molecular formula is C16H17ClN6OS. The summed E-state index contributed by atoms with van der Waals surface area (Å²) in [6.07, 6.45) is 1.54. The van der Waals surface area contributed by atoms with Gasteiger partial charge in [0.25, 0.3) is 5.91 Å². The molecule has 0 aliphatic heterocycles. The Morgan fingerprint density at radius 2 is 2.08 bits per heavy atom. The van der Waals surface area contributed by atoms with Gasteiger partial charge in [0, 0.05) is 25.4 Å². The number of pyridine rings is 2. The highest BCUT2D eigenvalue weighted by atomic mass is 35.5. The number of fused-ring (bicyclic) bond motifs is 1. The molecule has 9 heteroatoms. The molecule has 0 saturated carbocycles. The summed E-state index contributed by atoms with van der Waals surface area (Å²) in [4.78, 5) is 25.7. The number of halogens is 1. The van der Waals surface area contributed by atoms with Gasteiger partial charge in [-0.15, -0.1) is 0 Å². The van der Waals surface area contributed by atoms with Gasteiger partial charge in [0.15, 0.2) is 5.13 Å². The Morgan fingerprint density at radius 1 is 1.28 bits per heavy atom. The third kappa shape index (κ3) is 3.97. The van der Waals surface area contributed by atoms with Crippen molar-refractivity contribution in [3.63, 3.8) is 0 Å². The lowest BCUT2D eigenvalue weighted by molar-refractivity contribution is 0.0963. The van der Waals surface area contributed by atoms with E-state index in [0.29, 0.717) is 27.4 Å². The van der Waals surface area contributed by atoms with E-state index in [9.17, 15) is 4.79 Å². The van der Waals surface area contributed by atoms with Crippen molar-refractivity contribution in [1.82, 2.24) is 20.3 Å². The Hall–Kier alpha value is -2.45. The summed E-state index contributed by atoms with van der Waals surface area (Å²) in [5, 5.41) is 10.1. The van der Waals surface area contributed by atoms with Crippen LogP contribution in [0.2, 0.25) is 5.15 Å². The molecule has 3 aromatic rings. The molecule has 0 unspecified atom stereocenters. The number of hydrogen-bond acceptors (Lipinski definition) is 7. The first kappa shape index (κ1) is 17.4. The van der Waals surface area contributed by atoms with Crippen molar-refractivity contribution in [3.05, 3.63) is 35.1 Å². The number of nitrogens with one attached hydrogen (secondary N) is 3. The van der Waals surface area contributed by atoms with Gasteiger partial charge in [0.2, 0.25) is 0 Å². The van der Waals surface area contributed by atoms with E-state index in [0.717, 1.165) is 10.3 Å². The van der Waals surface area contributed by atoms with Crippen LogP contribution in [0.1, 0.15) is 24.2 Å². The SMILES string of the molecule is CNC(=O)c1cnc(Nc2nc3ccc(Cl)nc3s2)cc1NC(C)C. The molecule has 0 saturated heterocycles. The number of hydrogen-bond donors (Lipinski definition) is 3. The van der Waals surface area contributed by atoms with E-state index in [1.54, 1.807) is 19.2 Å². The van der Waals surface area contributed by atoms with Gasteiger partial charge in [-0.1, -0.05) is 22.9 Å². The van der Waals surface area contributed by atoms with E-state index in [1.165, 1.54) is 17.5 Å². The number of thiazole rings is 1. The summed E-state index contributed by atoms with van der Waals surface area (Å²) < 4.78 is 0. The second-order valence-electron chi connectivity index (χ2n) is 5.60. The van der Waals surface area contributed by atoms with Crippen molar-refractivity contribution < 1.29 is 4.79 Å². The summed E-state index contributed by atoms with van der Waals surface area (Å²) in [6, 6.07) is 5.48. The lowest BCUT2D eigenvalue weighted by Crippen LogP contribution is -2.21.